The summed E-state index contributed by atoms with van der Waals surface area (Å²) in [6, 6.07) is 29.1. The van der Waals surface area contributed by atoms with Gasteiger partial charge in [-0.05, 0) is 40.0 Å². The van der Waals surface area contributed by atoms with Crippen LogP contribution in [-0.2, 0) is 0 Å². The van der Waals surface area contributed by atoms with E-state index in [0.29, 0.717) is 0 Å². The molecule has 4 rings (SSSR count). The lowest BCUT2D eigenvalue weighted by molar-refractivity contribution is 1.06. The van der Waals surface area contributed by atoms with Gasteiger partial charge in [-0.2, -0.15) is 5.26 Å². The zero-order valence-electron chi connectivity index (χ0n) is 12.6. The second-order valence-electron chi connectivity index (χ2n) is 5.73. The van der Waals surface area contributed by atoms with Crippen LogP contribution in [0.3, 0.4) is 0 Å². The minimum atomic E-state index is 0.115. The van der Waals surface area contributed by atoms with E-state index in [4.69, 9.17) is 0 Å². The molecule has 3 aromatic carbocycles. The SMILES string of the molecule is N#Cc1ccccc1C1C(c2ccccc2)=Cc2ccccc21. The molecule has 0 aliphatic heterocycles. The Morgan fingerprint density at radius 1 is 0.696 bits per heavy atom. The van der Waals surface area contributed by atoms with E-state index in [1.807, 2.05) is 24.3 Å². The number of allylic oxidation sites excluding steroid dienone is 1. The van der Waals surface area contributed by atoms with Crippen LogP contribution in [0.1, 0.15) is 33.7 Å². The number of nitrogens with zero attached hydrogens (tertiary/aromatic N) is 1. The fraction of sp³-hybridized carbons (Fsp3) is 0.0455. The van der Waals surface area contributed by atoms with Crippen LogP contribution < -0.4 is 0 Å². The second-order valence-corrected chi connectivity index (χ2v) is 5.73. The maximum Gasteiger partial charge on any atom is 0.0994 e. The van der Waals surface area contributed by atoms with Crippen LogP contribution in [0.15, 0.2) is 78.9 Å². The van der Waals surface area contributed by atoms with Gasteiger partial charge in [-0.3, -0.25) is 0 Å². The minimum Gasteiger partial charge on any atom is -0.192 e. The van der Waals surface area contributed by atoms with Gasteiger partial charge < -0.3 is 0 Å². The molecule has 0 saturated carbocycles. The monoisotopic (exact) mass is 293 g/mol. The molecule has 1 heteroatoms. The Labute approximate surface area is 136 Å². The molecule has 3 aromatic rings. The molecule has 1 unspecified atom stereocenters. The molecule has 0 bridgehead atoms. The first-order chi connectivity index (χ1) is 11.4. The van der Waals surface area contributed by atoms with Crippen molar-refractivity contribution in [2.24, 2.45) is 0 Å². The first-order valence-electron chi connectivity index (χ1n) is 7.73. The predicted octanol–water partition coefficient (Wildman–Crippen LogP) is 5.24. The first-order valence-corrected chi connectivity index (χ1v) is 7.73. The fourth-order valence-corrected chi connectivity index (χ4v) is 3.39. The third kappa shape index (κ3) is 2.25. The molecule has 1 aliphatic carbocycles. The smallest absolute Gasteiger partial charge is 0.0994 e. The molecule has 0 N–H and O–H groups in total. The van der Waals surface area contributed by atoms with Crippen LogP contribution in [0.4, 0.5) is 0 Å². The van der Waals surface area contributed by atoms with E-state index in [0.717, 1.165) is 11.1 Å². The van der Waals surface area contributed by atoms with Crippen molar-refractivity contribution in [1.82, 2.24) is 0 Å². The van der Waals surface area contributed by atoms with Crippen LogP contribution in [-0.4, -0.2) is 0 Å². The number of fused-ring (bicyclic) bond motifs is 1. The molecule has 1 atom stereocenters. The van der Waals surface area contributed by atoms with Gasteiger partial charge in [0.15, 0.2) is 0 Å². The largest absolute Gasteiger partial charge is 0.192 e. The summed E-state index contributed by atoms with van der Waals surface area (Å²) in [4.78, 5) is 0. The van der Waals surface area contributed by atoms with Crippen molar-refractivity contribution in [1.29, 1.82) is 5.26 Å². The molecule has 1 nitrogen and oxygen atoms in total. The molecular weight excluding hydrogens is 278 g/mol. The maximum atomic E-state index is 9.51. The van der Waals surface area contributed by atoms with Gasteiger partial charge in [-0.1, -0.05) is 72.8 Å². The van der Waals surface area contributed by atoms with Crippen LogP contribution in [0.5, 0.6) is 0 Å². The molecule has 0 aromatic heterocycles. The van der Waals surface area contributed by atoms with Gasteiger partial charge in [0.2, 0.25) is 0 Å². The number of benzene rings is 3. The van der Waals surface area contributed by atoms with E-state index in [2.05, 4.69) is 66.7 Å². The number of nitriles is 1. The van der Waals surface area contributed by atoms with E-state index >= 15 is 0 Å². The highest BCUT2D eigenvalue weighted by atomic mass is 14.3. The van der Waals surface area contributed by atoms with Crippen molar-refractivity contribution in [2.75, 3.05) is 0 Å². The van der Waals surface area contributed by atoms with Gasteiger partial charge >= 0.3 is 0 Å². The lowest BCUT2D eigenvalue weighted by Gasteiger charge is -2.19. The van der Waals surface area contributed by atoms with Crippen molar-refractivity contribution in [2.45, 2.75) is 5.92 Å². The summed E-state index contributed by atoms with van der Waals surface area (Å²) in [7, 11) is 0. The van der Waals surface area contributed by atoms with Gasteiger partial charge in [-0.15, -0.1) is 0 Å². The summed E-state index contributed by atoms with van der Waals surface area (Å²) in [6.45, 7) is 0. The summed E-state index contributed by atoms with van der Waals surface area (Å²) >= 11 is 0. The highest BCUT2D eigenvalue weighted by Crippen LogP contribution is 2.46. The zero-order chi connectivity index (χ0) is 15.6. The summed E-state index contributed by atoms with van der Waals surface area (Å²) in [5.74, 6) is 0.115. The summed E-state index contributed by atoms with van der Waals surface area (Å²) in [5.41, 5.74) is 6.81. The summed E-state index contributed by atoms with van der Waals surface area (Å²) < 4.78 is 0. The van der Waals surface area contributed by atoms with Crippen molar-refractivity contribution in [3.8, 4) is 6.07 Å². The Morgan fingerprint density at radius 2 is 1.35 bits per heavy atom. The van der Waals surface area contributed by atoms with Crippen LogP contribution in [0.25, 0.3) is 11.6 Å². The minimum absolute atomic E-state index is 0.115. The van der Waals surface area contributed by atoms with Crippen LogP contribution in [0, 0.1) is 11.3 Å². The molecular formula is C22H15N. The molecule has 108 valence electrons. The molecule has 0 amide bonds. The van der Waals surface area contributed by atoms with E-state index in [-0.39, 0.29) is 5.92 Å². The quantitative estimate of drug-likeness (QED) is 0.633. The average Bonchev–Trinajstić information content (AvgIpc) is 3.02. The molecule has 0 fully saturated rings. The third-order valence-corrected chi connectivity index (χ3v) is 4.43. The fourth-order valence-electron chi connectivity index (χ4n) is 3.39. The predicted molar refractivity (Wildman–Crippen MR) is 93.8 cm³/mol. The number of rotatable bonds is 2. The van der Waals surface area contributed by atoms with E-state index in [9.17, 15) is 5.26 Å². The first kappa shape index (κ1) is 13.5. The molecule has 0 radical (unpaired) electrons. The molecule has 1 aliphatic rings. The van der Waals surface area contributed by atoms with Gasteiger partial charge in [0.25, 0.3) is 0 Å². The van der Waals surface area contributed by atoms with Gasteiger partial charge in [0, 0.05) is 5.92 Å². The van der Waals surface area contributed by atoms with Gasteiger partial charge in [-0.25, -0.2) is 0 Å². The Balaban J connectivity index is 1.95. The normalized spacial score (nSPS) is 15.6. The van der Waals surface area contributed by atoms with Crippen molar-refractivity contribution in [3.05, 3.63) is 107 Å². The summed E-state index contributed by atoms with van der Waals surface area (Å²) in [5, 5.41) is 9.51. The maximum absolute atomic E-state index is 9.51. The van der Waals surface area contributed by atoms with Crippen LogP contribution in [0.2, 0.25) is 0 Å². The van der Waals surface area contributed by atoms with Crippen LogP contribution >= 0.6 is 0 Å². The van der Waals surface area contributed by atoms with E-state index in [1.54, 1.807) is 0 Å². The highest BCUT2D eigenvalue weighted by Gasteiger charge is 2.28. The molecule has 0 heterocycles. The molecule has 0 spiro atoms. The Morgan fingerprint density at radius 3 is 2.13 bits per heavy atom. The van der Waals surface area contributed by atoms with Crippen molar-refractivity contribution >= 4 is 11.6 Å². The van der Waals surface area contributed by atoms with E-state index in [1.165, 1.54) is 22.3 Å². The Hall–Kier alpha value is -3.11. The number of hydrogen-bond donors (Lipinski definition) is 0. The second kappa shape index (κ2) is 5.59. The van der Waals surface area contributed by atoms with Gasteiger partial charge in [0.05, 0.1) is 11.6 Å². The standard InChI is InChI=1S/C22H15N/c23-15-18-11-5-7-13-20(18)22-19-12-6-4-10-17(19)14-21(22)16-8-2-1-3-9-16/h1-14,22H. The molecule has 0 saturated heterocycles. The Kier molecular flexibility index (Phi) is 3.29. The van der Waals surface area contributed by atoms with Gasteiger partial charge in [0.1, 0.15) is 0 Å². The zero-order valence-corrected chi connectivity index (χ0v) is 12.6. The highest BCUT2D eigenvalue weighted by molar-refractivity contribution is 5.93. The molecule has 23 heavy (non-hydrogen) atoms. The van der Waals surface area contributed by atoms with E-state index < -0.39 is 0 Å². The Bertz CT molecular complexity index is 929. The van der Waals surface area contributed by atoms with Crippen molar-refractivity contribution in [3.63, 3.8) is 0 Å². The van der Waals surface area contributed by atoms with Crippen molar-refractivity contribution < 1.29 is 0 Å². The lowest BCUT2D eigenvalue weighted by atomic mass is 9.83. The topological polar surface area (TPSA) is 23.8 Å². The number of hydrogen-bond acceptors (Lipinski definition) is 1. The lowest BCUT2D eigenvalue weighted by Crippen LogP contribution is -2.03. The third-order valence-electron chi connectivity index (χ3n) is 4.43. The summed E-state index contributed by atoms with van der Waals surface area (Å²) in [6.07, 6.45) is 2.25. The average molecular weight is 293 g/mol.